The molecule has 4 aromatic carbocycles. The lowest BCUT2D eigenvalue weighted by atomic mass is 9.77. The van der Waals surface area contributed by atoms with Crippen LogP contribution in [0.25, 0.3) is 21.5 Å². The predicted octanol–water partition coefficient (Wildman–Crippen LogP) is 12.0. The van der Waals surface area contributed by atoms with E-state index in [2.05, 4.69) is 10.6 Å². The zero-order valence-electron chi connectivity index (χ0n) is 41.4. The summed E-state index contributed by atoms with van der Waals surface area (Å²) in [5, 5.41) is 29.8. The maximum atomic E-state index is 12.9. The van der Waals surface area contributed by atoms with Gasteiger partial charge in [-0.25, -0.2) is 0 Å². The molecule has 2 amide bonds. The lowest BCUT2D eigenvalue weighted by Gasteiger charge is -2.26. The first kappa shape index (κ1) is 52.6. The molecule has 4 aromatic rings. The number of benzene rings is 4. The van der Waals surface area contributed by atoms with Gasteiger partial charge in [-0.1, -0.05) is 191 Å². The number of unbranched alkanes of at least 4 members (excludes halogenated alkanes) is 17. The third kappa shape index (κ3) is 13.9. The molecule has 6 rings (SSSR count). The van der Waals surface area contributed by atoms with E-state index in [1.807, 2.05) is 100 Å². The normalized spacial score (nSPS) is 20.4. The van der Waals surface area contributed by atoms with Gasteiger partial charge in [-0.2, -0.15) is 0 Å². The van der Waals surface area contributed by atoms with Crippen LogP contribution < -0.4 is 20.1 Å². The zero-order chi connectivity index (χ0) is 48.4. The first-order chi connectivity index (χ1) is 33.0. The number of aliphatic hydroxyl groups is 2. The highest BCUT2D eigenvalue weighted by molar-refractivity contribution is 5.96. The summed E-state index contributed by atoms with van der Waals surface area (Å²) in [6.45, 7) is 7.92. The SMILES string of the molecule is CC(C)[C@H]1C(=O)N[C@H](CO)C1c1ccc(OC(=O)CCCCCCCCCCCCCCCCCCCCC(=O)Oc2ccc([C@H]3[C@@H](C(C)C)C(=O)N[C@@H]3CO)c3ccccc23)c2ccccc12. The second-order valence-electron chi connectivity index (χ2n) is 20.4. The van der Waals surface area contributed by atoms with Crippen LogP contribution in [-0.2, 0) is 19.2 Å². The van der Waals surface area contributed by atoms with Gasteiger partial charge in [-0.15, -0.1) is 0 Å². The fourth-order valence-corrected chi connectivity index (χ4v) is 11.2. The molecule has 2 fully saturated rings. The van der Waals surface area contributed by atoms with Crippen LogP contribution in [-0.4, -0.2) is 59.3 Å². The van der Waals surface area contributed by atoms with Gasteiger partial charge in [-0.05, 0) is 58.7 Å². The molecule has 2 aliphatic heterocycles. The molecule has 6 atom stereocenters. The highest BCUT2D eigenvalue weighted by Gasteiger charge is 2.46. The van der Waals surface area contributed by atoms with E-state index in [4.69, 9.17) is 9.47 Å². The minimum atomic E-state index is -0.346. The zero-order valence-corrected chi connectivity index (χ0v) is 41.4. The lowest BCUT2D eigenvalue weighted by molar-refractivity contribution is -0.135. The molecule has 0 spiro atoms. The van der Waals surface area contributed by atoms with Crippen molar-refractivity contribution in [2.24, 2.45) is 23.7 Å². The summed E-state index contributed by atoms with van der Waals surface area (Å²) in [6.07, 6.45) is 22.1. The maximum Gasteiger partial charge on any atom is 0.311 e. The van der Waals surface area contributed by atoms with Gasteiger partial charge >= 0.3 is 11.9 Å². The number of fused-ring (bicyclic) bond motifs is 2. The highest BCUT2D eigenvalue weighted by Crippen LogP contribution is 2.44. The number of carbonyl (C=O) groups excluding carboxylic acids is 4. The maximum absolute atomic E-state index is 12.9. The lowest BCUT2D eigenvalue weighted by Crippen LogP contribution is -2.31. The summed E-state index contributed by atoms with van der Waals surface area (Å²) in [7, 11) is 0. The standard InChI is InChI=1S/C58H80N2O8/c1-39(2)53-55(47(37-61)59-57(53)65)45-33-35-49(43-29-25-23-27-41(43)45)67-51(63)31-21-19-17-15-13-11-9-7-5-6-8-10-12-14-16-18-20-22-32-52(64)68-50-36-34-46(42-28-24-26-30-44(42)50)56-48(38-62)60-58(66)54(56)40(3)4/h23-30,33-36,39-40,47-48,53-56,61-62H,5-22,31-32,37-38H2,1-4H3,(H,59,65)(H,60,66)/t47-,48-,53-,54-,55-,56?/m1/s1. The van der Waals surface area contributed by atoms with Crippen molar-refractivity contribution in [3.05, 3.63) is 83.9 Å². The Bertz CT molecular complexity index is 2100. The van der Waals surface area contributed by atoms with Crippen LogP contribution in [0, 0.1) is 23.7 Å². The van der Waals surface area contributed by atoms with Crippen molar-refractivity contribution in [2.45, 2.75) is 180 Å². The number of nitrogens with one attached hydrogen (secondary N) is 2. The van der Waals surface area contributed by atoms with Crippen LogP contribution in [0.5, 0.6) is 11.5 Å². The molecule has 1 unspecified atom stereocenters. The Labute approximate surface area is 405 Å². The van der Waals surface area contributed by atoms with Gasteiger partial charge in [0.25, 0.3) is 0 Å². The minimum Gasteiger partial charge on any atom is -0.426 e. The van der Waals surface area contributed by atoms with Crippen LogP contribution in [0.1, 0.15) is 179 Å². The number of amides is 2. The molecule has 2 saturated heterocycles. The van der Waals surface area contributed by atoms with E-state index in [0.717, 1.165) is 71.2 Å². The summed E-state index contributed by atoms with van der Waals surface area (Å²) in [5.74, 6) is 0.0585. The summed E-state index contributed by atoms with van der Waals surface area (Å²) in [5.41, 5.74) is 1.99. The molecule has 0 aromatic heterocycles. The van der Waals surface area contributed by atoms with Gasteiger partial charge < -0.3 is 30.3 Å². The van der Waals surface area contributed by atoms with E-state index in [-0.39, 0.29) is 84.6 Å². The molecule has 0 saturated carbocycles. The van der Waals surface area contributed by atoms with Gasteiger partial charge in [-0.3, -0.25) is 19.2 Å². The van der Waals surface area contributed by atoms with Crippen molar-refractivity contribution >= 4 is 45.3 Å². The van der Waals surface area contributed by atoms with Crippen LogP contribution in [0.3, 0.4) is 0 Å². The summed E-state index contributed by atoms with van der Waals surface area (Å²) < 4.78 is 11.8. The van der Waals surface area contributed by atoms with E-state index in [9.17, 15) is 29.4 Å². The molecule has 0 aliphatic carbocycles. The molecule has 2 heterocycles. The Balaban J connectivity index is 0.748. The van der Waals surface area contributed by atoms with Gasteiger partial charge in [0.15, 0.2) is 0 Å². The number of ether oxygens (including phenoxy) is 2. The Kier molecular flexibility index (Phi) is 20.7. The number of esters is 2. The van der Waals surface area contributed by atoms with Crippen LogP contribution in [0.4, 0.5) is 0 Å². The highest BCUT2D eigenvalue weighted by atomic mass is 16.5. The van der Waals surface area contributed by atoms with Crippen molar-refractivity contribution in [1.82, 2.24) is 10.6 Å². The second-order valence-corrected chi connectivity index (χ2v) is 20.4. The van der Waals surface area contributed by atoms with E-state index in [0.29, 0.717) is 24.3 Å². The predicted molar refractivity (Wildman–Crippen MR) is 272 cm³/mol. The topological polar surface area (TPSA) is 151 Å². The molecule has 2 aliphatic rings. The van der Waals surface area contributed by atoms with Gasteiger partial charge in [0.05, 0.1) is 25.3 Å². The number of rotatable bonds is 29. The molecule has 0 radical (unpaired) electrons. The molecule has 4 N–H and O–H groups in total. The summed E-state index contributed by atoms with van der Waals surface area (Å²) in [6, 6.07) is 22.7. The summed E-state index contributed by atoms with van der Waals surface area (Å²) >= 11 is 0. The van der Waals surface area contributed by atoms with Gasteiger partial charge in [0, 0.05) is 47.3 Å². The Morgan fingerprint density at radius 2 is 0.750 bits per heavy atom. The van der Waals surface area contributed by atoms with Crippen LogP contribution in [0.2, 0.25) is 0 Å². The van der Waals surface area contributed by atoms with Crippen LogP contribution in [0.15, 0.2) is 72.8 Å². The van der Waals surface area contributed by atoms with E-state index in [1.165, 1.54) is 77.0 Å². The number of carbonyl (C=O) groups is 4. The van der Waals surface area contributed by atoms with E-state index < -0.39 is 0 Å². The first-order valence-corrected chi connectivity index (χ1v) is 26.3. The second kappa shape index (κ2) is 26.8. The van der Waals surface area contributed by atoms with Crippen molar-refractivity contribution in [3.8, 4) is 11.5 Å². The quantitative estimate of drug-likeness (QED) is 0.0239. The fraction of sp³-hybridized carbons (Fsp3) is 0.586. The van der Waals surface area contributed by atoms with Gasteiger partial charge in [0.1, 0.15) is 11.5 Å². The monoisotopic (exact) mass is 933 g/mol. The Morgan fingerprint density at radius 3 is 1.04 bits per heavy atom. The molecule has 10 heteroatoms. The third-order valence-electron chi connectivity index (χ3n) is 14.7. The molecular weight excluding hydrogens is 853 g/mol. The van der Waals surface area contributed by atoms with E-state index >= 15 is 0 Å². The van der Waals surface area contributed by atoms with Gasteiger partial charge in [0.2, 0.25) is 11.8 Å². The minimum absolute atomic E-state index is 0.0213. The first-order valence-electron chi connectivity index (χ1n) is 26.3. The molecule has 10 nitrogen and oxygen atoms in total. The smallest absolute Gasteiger partial charge is 0.311 e. The van der Waals surface area contributed by atoms with E-state index in [1.54, 1.807) is 0 Å². The van der Waals surface area contributed by atoms with Crippen molar-refractivity contribution in [1.29, 1.82) is 0 Å². The van der Waals surface area contributed by atoms with Crippen LogP contribution >= 0.6 is 0 Å². The van der Waals surface area contributed by atoms with Crippen molar-refractivity contribution < 1.29 is 38.9 Å². The Morgan fingerprint density at radius 1 is 0.456 bits per heavy atom. The largest absolute Gasteiger partial charge is 0.426 e. The molecule has 370 valence electrons. The molecular formula is C58H80N2O8. The Hall–Kier alpha value is -4.80. The van der Waals surface area contributed by atoms with Crippen molar-refractivity contribution in [2.75, 3.05) is 13.2 Å². The molecule has 68 heavy (non-hydrogen) atoms. The molecule has 0 bridgehead atoms. The average Bonchev–Trinajstić information content (AvgIpc) is 3.86. The van der Waals surface area contributed by atoms with Crippen molar-refractivity contribution in [3.63, 3.8) is 0 Å². The fourth-order valence-electron chi connectivity index (χ4n) is 11.2. The number of aliphatic hydroxyl groups excluding tert-OH is 2. The number of hydrogen-bond donors (Lipinski definition) is 4. The summed E-state index contributed by atoms with van der Waals surface area (Å²) in [4.78, 5) is 51.4. The average molecular weight is 933 g/mol. The number of hydrogen-bond acceptors (Lipinski definition) is 8. The third-order valence-corrected chi connectivity index (χ3v) is 14.7.